The number of esters is 1. The highest BCUT2D eigenvalue weighted by Gasteiger charge is 2.15. The molecule has 86 valence electrons. The van der Waals surface area contributed by atoms with Crippen molar-refractivity contribution in [1.29, 1.82) is 0 Å². The van der Waals surface area contributed by atoms with Gasteiger partial charge in [0.2, 0.25) is 0 Å². The third kappa shape index (κ3) is 3.32. The number of rotatable bonds is 4. The van der Waals surface area contributed by atoms with Gasteiger partial charge in [-0.3, -0.25) is 19.6 Å². The van der Waals surface area contributed by atoms with Gasteiger partial charge in [0.05, 0.1) is 12.2 Å². The van der Waals surface area contributed by atoms with Crippen molar-refractivity contribution in [3.8, 4) is 0 Å². The van der Waals surface area contributed by atoms with Crippen LogP contribution in [0.3, 0.4) is 0 Å². The van der Waals surface area contributed by atoms with E-state index in [1.807, 2.05) is 0 Å². The molecule has 0 aliphatic heterocycles. The first-order valence-electron chi connectivity index (χ1n) is 4.77. The minimum absolute atomic E-state index is 0.258. The SMILES string of the molecule is CCOC(=O)CN(N)C(=O)c1cccnc1. The second-order valence-corrected chi connectivity index (χ2v) is 2.98. The number of nitrogens with zero attached hydrogens (tertiary/aromatic N) is 2. The fourth-order valence-electron chi connectivity index (χ4n) is 1.07. The lowest BCUT2D eigenvalue weighted by molar-refractivity contribution is -0.143. The third-order valence-corrected chi connectivity index (χ3v) is 1.77. The highest BCUT2D eigenvalue weighted by atomic mass is 16.5. The van der Waals surface area contributed by atoms with Crippen molar-refractivity contribution in [3.05, 3.63) is 30.1 Å². The van der Waals surface area contributed by atoms with E-state index >= 15 is 0 Å². The molecule has 1 heterocycles. The Labute approximate surface area is 93.0 Å². The molecule has 1 aromatic rings. The second-order valence-electron chi connectivity index (χ2n) is 2.98. The fourth-order valence-corrected chi connectivity index (χ4v) is 1.07. The van der Waals surface area contributed by atoms with Crippen LogP contribution in [0.4, 0.5) is 0 Å². The van der Waals surface area contributed by atoms with Crippen LogP contribution >= 0.6 is 0 Å². The molecule has 0 aliphatic carbocycles. The summed E-state index contributed by atoms with van der Waals surface area (Å²) in [7, 11) is 0. The molecule has 0 unspecified atom stereocenters. The third-order valence-electron chi connectivity index (χ3n) is 1.77. The molecular formula is C10H13N3O3. The van der Waals surface area contributed by atoms with E-state index in [0.717, 1.165) is 5.01 Å². The average Bonchev–Trinajstić information content (AvgIpc) is 2.29. The molecule has 0 aromatic carbocycles. The molecule has 2 N–H and O–H groups in total. The van der Waals surface area contributed by atoms with Gasteiger partial charge in [-0.15, -0.1) is 0 Å². The molecule has 1 amide bonds. The van der Waals surface area contributed by atoms with Crippen molar-refractivity contribution in [2.75, 3.05) is 13.2 Å². The molecule has 0 bridgehead atoms. The average molecular weight is 223 g/mol. The van der Waals surface area contributed by atoms with Gasteiger partial charge in [0, 0.05) is 12.4 Å². The normalized spacial score (nSPS) is 9.62. The van der Waals surface area contributed by atoms with Crippen molar-refractivity contribution < 1.29 is 14.3 Å². The molecule has 0 atom stereocenters. The van der Waals surface area contributed by atoms with E-state index in [0.29, 0.717) is 5.56 Å². The summed E-state index contributed by atoms with van der Waals surface area (Å²) < 4.78 is 4.67. The first-order valence-corrected chi connectivity index (χ1v) is 4.77. The van der Waals surface area contributed by atoms with Crippen LogP contribution in [0.2, 0.25) is 0 Å². The summed E-state index contributed by atoms with van der Waals surface area (Å²) in [5.74, 6) is 4.42. The van der Waals surface area contributed by atoms with Gasteiger partial charge in [0.25, 0.3) is 5.91 Å². The van der Waals surface area contributed by atoms with E-state index in [1.165, 1.54) is 6.20 Å². The molecule has 16 heavy (non-hydrogen) atoms. The van der Waals surface area contributed by atoms with Crippen LogP contribution in [0, 0.1) is 0 Å². The van der Waals surface area contributed by atoms with E-state index in [4.69, 9.17) is 5.84 Å². The van der Waals surface area contributed by atoms with E-state index in [-0.39, 0.29) is 13.2 Å². The van der Waals surface area contributed by atoms with Crippen LogP contribution in [-0.4, -0.2) is 35.0 Å². The van der Waals surface area contributed by atoms with Crippen LogP contribution in [-0.2, 0) is 9.53 Å². The van der Waals surface area contributed by atoms with Gasteiger partial charge in [0.1, 0.15) is 6.54 Å². The molecule has 0 fully saturated rings. The molecule has 1 rings (SSSR count). The predicted molar refractivity (Wildman–Crippen MR) is 56.1 cm³/mol. The number of ether oxygens (including phenoxy) is 1. The number of nitrogens with two attached hydrogens (primary N) is 1. The van der Waals surface area contributed by atoms with Gasteiger partial charge in [0.15, 0.2) is 0 Å². The van der Waals surface area contributed by atoms with E-state index in [9.17, 15) is 9.59 Å². The topological polar surface area (TPSA) is 85.5 Å². The van der Waals surface area contributed by atoms with E-state index in [2.05, 4.69) is 9.72 Å². The maximum Gasteiger partial charge on any atom is 0.327 e. The number of hydrogen-bond donors (Lipinski definition) is 1. The summed E-state index contributed by atoms with van der Waals surface area (Å²) in [6.07, 6.45) is 2.93. The molecule has 6 nitrogen and oxygen atoms in total. The van der Waals surface area contributed by atoms with Gasteiger partial charge < -0.3 is 4.74 Å². The Morgan fingerprint density at radius 3 is 2.88 bits per heavy atom. The Kier molecular flexibility index (Phi) is 4.41. The number of aromatic nitrogens is 1. The molecule has 1 aromatic heterocycles. The largest absolute Gasteiger partial charge is 0.465 e. The Hall–Kier alpha value is -1.95. The van der Waals surface area contributed by atoms with Gasteiger partial charge in [-0.25, -0.2) is 5.84 Å². The maximum absolute atomic E-state index is 11.6. The predicted octanol–water partition coefficient (Wildman–Crippen LogP) is -0.0394. The van der Waals surface area contributed by atoms with Crippen molar-refractivity contribution in [2.24, 2.45) is 5.84 Å². The highest BCUT2D eigenvalue weighted by Crippen LogP contribution is 1.99. The first kappa shape index (κ1) is 12.1. The second kappa shape index (κ2) is 5.82. The lowest BCUT2D eigenvalue weighted by atomic mass is 10.2. The van der Waals surface area contributed by atoms with Crippen LogP contribution in [0.15, 0.2) is 24.5 Å². The zero-order chi connectivity index (χ0) is 12.0. The van der Waals surface area contributed by atoms with Crippen LogP contribution < -0.4 is 5.84 Å². The van der Waals surface area contributed by atoms with Gasteiger partial charge in [-0.05, 0) is 19.1 Å². The van der Waals surface area contributed by atoms with Crippen LogP contribution in [0.1, 0.15) is 17.3 Å². The molecule has 0 saturated heterocycles. The lowest BCUT2D eigenvalue weighted by Crippen LogP contribution is -2.41. The minimum atomic E-state index is -0.540. The Morgan fingerprint density at radius 1 is 1.56 bits per heavy atom. The summed E-state index contributed by atoms with van der Waals surface area (Å²) in [5.41, 5.74) is 0.328. The summed E-state index contributed by atoms with van der Waals surface area (Å²) in [4.78, 5) is 26.5. The number of hydrazine groups is 1. The van der Waals surface area contributed by atoms with Gasteiger partial charge in [-0.1, -0.05) is 0 Å². The van der Waals surface area contributed by atoms with Crippen LogP contribution in [0.25, 0.3) is 0 Å². The van der Waals surface area contributed by atoms with Crippen molar-refractivity contribution in [1.82, 2.24) is 9.99 Å². The molecule has 0 spiro atoms. The number of carbonyl (C=O) groups excluding carboxylic acids is 2. The molecule has 0 radical (unpaired) electrons. The van der Waals surface area contributed by atoms with Crippen molar-refractivity contribution >= 4 is 11.9 Å². The summed E-state index contributed by atoms with van der Waals surface area (Å²) in [5, 5.41) is 0.801. The van der Waals surface area contributed by atoms with E-state index in [1.54, 1.807) is 25.3 Å². The minimum Gasteiger partial charge on any atom is -0.465 e. The first-order chi connectivity index (χ1) is 7.65. The van der Waals surface area contributed by atoms with Crippen molar-refractivity contribution in [2.45, 2.75) is 6.92 Å². The lowest BCUT2D eigenvalue weighted by Gasteiger charge is -2.14. The van der Waals surface area contributed by atoms with E-state index < -0.39 is 11.9 Å². The number of carbonyl (C=O) groups is 2. The number of pyridine rings is 1. The molecular weight excluding hydrogens is 210 g/mol. The Balaban J connectivity index is 2.58. The van der Waals surface area contributed by atoms with Crippen molar-refractivity contribution in [3.63, 3.8) is 0 Å². The highest BCUT2D eigenvalue weighted by molar-refractivity contribution is 5.95. The Bertz CT molecular complexity index is 367. The monoisotopic (exact) mass is 223 g/mol. The Morgan fingerprint density at radius 2 is 2.31 bits per heavy atom. The number of amides is 1. The fraction of sp³-hybridized carbons (Fsp3) is 0.300. The smallest absolute Gasteiger partial charge is 0.327 e. The molecule has 0 aliphatic rings. The zero-order valence-corrected chi connectivity index (χ0v) is 8.92. The van der Waals surface area contributed by atoms with Gasteiger partial charge in [-0.2, -0.15) is 0 Å². The summed E-state index contributed by atoms with van der Waals surface area (Å²) >= 11 is 0. The van der Waals surface area contributed by atoms with Gasteiger partial charge >= 0.3 is 5.97 Å². The molecule has 6 heteroatoms. The quantitative estimate of drug-likeness (QED) is 0.335. The van der Waals surface area contributed by atoms with Crippen LogP contribution in [0.5, 0.6) is 0 Å². The maximum atomic E-state index is 11.6. The summed E-state index contributed by atoms with van der Waals surface area (Å²) in [6, 6.07) is 3.19. The zero-order valence-electron chi connectivity index (χ0n) is 8.92. The summed E-state index contributed by atoms with van der Waals surface area (Å²) in [6.45, 7) is 1.66. The molecule has 0 saturated carbocycles. The number of hydrogen-bond acceptors (Lipinski definition) is 5. The standard InChI is InChI=1S/C10H13N3O3/c1-2-16-9(14)7-13(11)10(15)8-4-3-5-12-6-8/h3-6H,2,7,11H2,1H3.